The first-order valence-corrected chi connectivity index (χ1v) is 12.4. The zero-order valence-corrected chi connectivity index (χ0v) is 23.4. The third-order valence-corrected chi connectivity index (χ3v) is 6.21. The lowest BCUT2D eigenvalue weighted by atomic mass is 10.1. The lowest BCUT2D eigenvalue weighted by Crippen LogP contribution is -2.32. The summed E-state index contributed by atoms with van der Waals surface area (Å²) in [4.78, 5) is 36.6. The smallest absolute Gasteiger partial charge is 0.329 e. The van der Waals surface area contributed by atoms with Crippen LogP contribution in [-0.4, -0.2) is 44.8 Å². The van der Waals surface area contributed by atoms with E-state index in [1.807, 2.05) is 54.6 Å². The summed E-state index contributed by atoms with van der Waals surface area (Å²) in [7, 11) is 3.00. The standard InChI is InChI=1S/C27H27IN4O6/c1-16-6-5-7-22(17(16)2)31-24(33)15-38-25-21(28)12-18(13-23(25)37-4)14-29-32-27(35)26(34)30-19-8-10-20(36-3)11-9-19/h5-14H,15H2,1-4H3,(H,30,34)(H,31,33)(H,32,35)/b29-14-. The molecular formula is C27H27IN4O6. The highest BCUT2D eigenvalue weighted by Crippen LogP contribution is 2.33. The molecule has 0 aliphatic carbocycles. The second-order valence-electron chi connectivity index (χ2n) is 8.00. The third-order valence-electron chi connectivity index (χ3n) is 5.41. The minimum Gasteiger partial charge on any atom is -0.497 e. The van der Waals surface area contributed by atoms with Crippen molar-refractivity contribution in [2.75, 3.05) is 31.5 Å². The van der Waals surface area contributed by atoms with E-state index in [-0.39, 0.29) is 12.5 Å². The lowest BCUT2D eigenvalue weighted by molar-refractivity contribution is -0.136. The number of anilines is 2. The molecule has 0 heterocycles. The van der Waals surface area contributed by atoms with Crippen LogP contribution < -0.4 is 30.3 Å². The molecule has 0 spiro atoms. The minimum absolute atomic E-state index is 0.216. The Bertz CT molecular complexity index is 1360. The van der Waals surface area contributed by atoms with Gasteiger partial charge in [-0.15, -0.1) is 0 Å². The fourth-order valence-electron chi connectivity index (χ4n) is 3.24. The molecule has 0 radical (unpaired) electrons. The highest BCUT2D eigenvalue weighted by Gasteiger charge is 2.15. The number of carbonyl (C=O) groups is 3. The molecule has 0 aliphatic rings. The predicted octanol–water partition coefficient (Wildman–Crippen LogP) is 4.03. The van der Waals surface area contributed by atoms with Crippen LogP contribution in [0.5, 0.6) is 17.2 Å². The molecule has 11 heteroatoms. The monoisotopic (exact) mass is 630 g/mol. The van der Waals surface area contributed by atoms with E-state index >= 15 is 0 Å². The van der Waals surface area contributed by atoms with Crippen LogP contribution in [0.2, 0.25) is 0 Å². The molecule has 0 atom stereocenters. The summed E-state index contributed by atoms with van der Waals surface area (Å²) >= 11 is 2.05. The first-order chi connectivity index (χ1) is 18.2. The number of nitrogens with zero attached hydrogens (tertiary/aromatic N) is 1. The van der Waals surface area contributed by atoms with Crippen molar-refractivity contribution >= 4 is 57.9 Å². The van der Waals surface area contributed by atoms with Crippen LogP contribution in [0.3, 0.4) is 0 Å². The number of ether oxygens (including phenoxy) is 3. The van der Waals surface area contributed by atoms with Crippen molar-refractivity contribution in [3.63, 3.8) is 0 Å². The number of rotatable bonds is 9. The summed E-state index contributed by atoms with van der Waals surface area (Å²) in [6.45, 7) is 3.70. The van der Waals surface area contributed by atoms with Gasteiger partial charge in [-0.05, 0) is 95.6 Å². The maximum atomic E-state index is 12.5. The lowest BCUT2D eigenvalue weighted by Gasteiger charge is -2.14. The predicted molar refractivity (Wildman–Crippen MR) is 153 cm³/mol. The van der Waals surface area contributed by atoms with Gasteiger partial charge in [0, 0.05) is 11.4 Å². The summed E-state index contributed by atoms with van der Waals surface area (Å²) in [6, 6.07) is 15.6. The Labute approximate surface area is 233 Å². The van der Waals surface area contributed by atoms with Crippen molar-refractivity contribution in [1.29, 1.82) is 0 Å². The van der Waals surface area contributed by atoms with Crippen LogP contribution in [-0.2, 0) is 14.4 Å². The number of nitrogens with one attached hydrogen (secondary N) is 3. The molecule has 10 nitrogen and oxygen atoms in total. The minimum atomic E-state index is -0.937. The fraction of sp³-hybridized carbons (Fsp3) is 0.185. The molecule has 0 unspecified atom stereocenters. The van der Waals surface area contributed by atoms with Gasteiger partial charge in [0.15, 0.2) is 18.1 Å². The summed E-state index contributed by atoms with van der Waals surface area (Å²) in [5.41, 5.74) is 5.99. The molecule has 0 saturated heterocycles. The van der Waals surface area contributed by atoms with Gasteiger partial charge in [-0.1, -0.05) is 12.1 Å². The number of halogens is 1. The Morgan fingerprint density at radius 3 is 2.37 bits per heavy atom. The number of methoxy groups -OCH3 is 2. The topological polar surface area (TPSA) is 127 Å². The largest absolute Gasteiger partial charge is 0.497 e. The van der Waals surface area contributed by atoms with Crippen LogP contribution >= 0.6 is 22.6 Å². The average Bonchev–Trinajstić information content (AvgIpc) is 2.90. The number of aryl methyl sites for hydroxylation is 1. The first-order valence-electron chi connectivity index (χ1n) is 11.4. The van der Waals surface area contributed by atoms with Crippen LogP contribution in [0.15, 0.2) is 59.7 Å². The van der Waals surface area contributed by atoms with Gasteiger partial charge in [0.05, 0.1) is 24.0 Å². The van der Waals surface area contributed by atoms with Gasteiger partial charge in [0.1, 0.15) is 5.75 Å². The van der Waals surface area contributed by atoms with Gasteiger partial charge in [-0.3, -0.25) is 14.4 Å². The van der Waals surface area contributed by atoms with Crippen molar-refractivity contribution in [1.82, 2.24) is 5.43 Å². The Kier molecular flexibility index (Phi) is 10.0. The van der Waals surface area contributed by atoms with Gasteiger partial charge in [-0.2, -0.15) is 5.10 Å². The number of hydrogen-bond acceptors (Lipinski definition) is 7. The molecule has 3 aromatic carbocycles. The zero-order chi connectivity index (χ0) is 27.7. The maximum Gasteiger partial charge on any atom is 0.329 e. The number of carbonyl (C=O) groups excluding carboxylic acids is 3. The van der Waals surface area contributed by atoms with Crippen LogP contribution in [0.4, 0.5) is 11.4 Å². The molecule has 3 aromatic rings. The molecule has 0 saturated carbocycles. The van der Waals surface area contributed by atoms with E-state index in [0.29, 0.717) is 32.1 Å². The van der Waals surface area contributed by atoms with Gasteiger partial charge in [-0.25, -0.2) is 5.43 Å². The summed E-state index contributed by atoms with van der Waals surface area (Å²) in [5, 5.41) is 9.17. The molecule has 198 valence electrons. The van der Waals surface area contributed by atoms with Crippen LogP contribution in [0.25, 0.3) is 0 Å². The van der Waals surface area contributed by atoms with E-state index in [4.69, 9.17) is 14.2 Å². The van der Waals surface area contributed by atoms with Crippen molar-refractivity contribution in [3.05, 3.63) is 74.9 Å². The van der Waals surface area contributed by atoms with E-state index < -0.39 is 11.8 Å². The number of amides is 3. The van der Waals surface area contributed by atoms with Crippen molar-refractivity contribution < 1.29 is 28.6 Å². The van der Waals surface area contributed by atoms with E-state index in [9.17, 15) is 14.4 Å². The third kappa shape index (κ3) is 7.68. The molecule has 3 rings (SSSR count). The van der Waals surface area contributed by atoms with E-state index in [1.165, 1.54) is 20.4 Å². The molecule has 38 heavy (non-hydrogen) atoms. The molecule has 0 aliphatic heterocycles. The van der Waals surface area contributed by atoms with Crippen molar-refractivity contribution in [2.45, 2.75) is 13.8 Å². The molecular weight excluding hydrogens is 603 g/mol. The molecule has 0 fully saturated rings. The maximum absolute atomic E-state index is 12.5. The normalized spacial score (nSPS) is 10.6. The van der Waals surface area contributed by atoms with Gasteiger partial charge < -0.3 is 24.8 Å². The van der Waals surface area contributed by atoms with Gasteiger partial charge >= 0.3 is 11.8 Å². The average molecular weight is 630 g/mol. The SMILES string of the molecule is COc1ccc(NC(=O)C(=O)N/N=C\c2cc(I)c(OCC(=O)Nc3cccc(C)c3C)c(OC)c2)cc1. The van der Waals surface area contributed by atoms with Crippen molar-refractivity contribution in [3.8, 4) is 17.2 Å². The number of hydrogen-bond donors (Lipinski definition) is 3. The summed E-state index contributed by atoms with van der Waals surface area (Å²) in [5.74, 6) is -0.724. The van der Waals surface area contributed by atoms with Gasteiger partial charge in [0.2, 0.25) is 0 Å². The Hall–Kier alpha value is -4.13. The number of hydrazone groups is 1. The summed E-state index contributed by atoms with van der Waals surface area (Å²) in [6.07, 6.45) is 1.36. The Morgan fingerprint density at radius 1 is 0.947 bits per heavy atom. The number of benzene rings is 3. The summed E-state index contributed by atoms with van der Waals surface area (Å²) < 4.78 is 16.9. The Morgan fingerprint density at radius 2 is 1.68 bits per heavy atom. The molecule has 0 bridgehead atoms. The molecule has 0 aromatic heterocycles. The van der Waals surface area contributed by atoms with Crippen LogP contribution in [0, 0.1) is 17.4 Å². The van der Waals surface area contributed by atoms with Crippen LogP contribution in [0.1, 0.15) is 16.7 Å². The zero-order valence-electron chi connectivity index (χ0n) is 21.3. The van der Waals surface area contributed by atoms with Gasteiger partial charge in [0.25, 0.3) is 5.91 Å². The van der Waals surface area contributed by atoms with E-state index in [1.54, 1.807) is 36.4 Å². The molecule has 3 N–H and O–H groups in total. The second-order valence-corrected chi connectivity index (χ2v) is 9.16. The highest BCUT2D eigenvalue weighted by molar-refractivity contribution is 14.1. The highest BCUT2D eigenvalue weighted by atomic mass is 127. The van der Waals surface area contributed by atoms with E-state index in [0.717, 1.165) is 16.8 Å². The van der Waals surface area contributed by atoms with E-state index in [2.05, 4.69) is 21.2 Å². The molecule has 3 amide bonds. The van der Waals surface area contributed by atoms with Crippen molar-refractivity contribution in [2.24, 2.45) is 5.10 Å². The quantitative estimate of drug-likeness (QED) is 0.142. The first kappa shape index (κ1) is 28.4. The Balaban J connectivity index is 1.58. The second kappa shape index (κ2) is 13.4. The fourth-order valence-corrected chi connectivity index (χ4v) is 4.02.